The van der Waals surface area contributed by atoms with Gasteiger partial charge in [-0.25, -0.2) is 9.48 Å². The van der Waals surface area contributed by atoms with Crippen LogP contribution in [0.25, 0.3) is 5.69 Å². The molecule has 1 aromatic carbocycles. The summed E-state index contributed by atoms with van der Waals surface area (Å²) in [7, 11) is 3.25. The van der Waals surface area contributed by atoms with E-state index < -0.39 is 17.7 Å². The fourth-order valence-electron chi connectivity index (χ4n) is 2.06. The minimum absolute atomic E-state index is 0.110. The van der Waals surface area contributed by atoms with Crippen LogP contribution in [-0.4, -0.2) is 35.1 Å². The molecule has 11 heteroatoms. The molecule has 1 aromatic heterocycles. The molecule has 0 spiro atoms. The van der Waals surface area contributed by atoms with E-state index in [2.05, 4.69) is 9.84 Å². The molecule has 2 rings (SSSR count). The number of hydrogen-bond donors (Lipinski definition) is 2. The van der Waals surface area contributed by atoms with E-state index in [-0.39, 0.29) is 39.2 Å². The summed E-state index contributed by atoms with van der Waals surface area (Å²) < 4.78 is 43.4. The van der Waals surface area contributed by atoms with Crippen molar-refractivity contribution in [1.29, 1.82) is 0 Å². The number of carboxylic acid groups (broad SMARTS) is 1. The molecule has 0 atom stereocenters. The van der Waals surface area contributed by atoms with E-state index in [1.807, 2.05) is 0 Å². The zero-order valence-corrected chi connectivity index (χ0v) is 15.5. The third kappa shape index (κ3) is 4.60. The van der Waals surface area contributed by atoms with Crippen LogP contribution in [0.3, 0.4) is 0 Å². The zero-order valence-electron chi connectivity index (χ0n) is 14.0. The summed E-state index contributed by atoms with van der Waals surface area (Å²) in [5.74, 6) is -1.57. The predicted molar refractivity (Wildman–Crippen MR) is 92.3 cm³/mol. The Balaban J connectivity index is 0.00000105. The quantitative estimate of drug-likeness (QED) is 0.782. The molecule has 0 saturated carbocycles. The van der Waals surface area contributed by atoms with Gasteiger partial charge < -0.3 is 15.6 Å². The van der Waals surface area contributed by atoms with Crippen LogP contribution in [0.5, 0.6) is 0 Å². The molecule has 1 heterocycles. The van der Waals surface area contributed by atoms with Crippen molar-refractivity contribution in [2.75, 3.05) is 20.0 Å². The Hall–Kier alpha value is -1.97. The van der Waals surface area contributed by atoms with Crippen LogP contribution in [0, 0.1) is 0 Å². The van der Waals surface area contributed by atoms with Gasteiger partial charge in [0.05, 0.1) is 21.3 Å². The van der Waals surface area contributed by atoms with Crippen molar-refractivity contribution >= 4 is 35.0 Å². The van der Waals surface area contributed by atoms with Gasteiger partial charge in [-0.15, -0.1) is 0 Å². The highest BCUT2D eigenvalue weighted by molar-refractivity contribution is 6.38. The summed E-state index contributed by atoms with van der Waals surface area (Å²) in [5.41, 5.74) is 4.54. The van der Waals surface area contributed by atoms with E-state index in [4.69, 9.17) is 28.9 Å². The summed E-state index contributed by atoms with van der Waals surface area (Å²) >= 11 is 11.8. The van der Waals surface area contributed by atoms with Gasteiger partial charge in [0, 0.05) is 14.2 Å². The monoisotopic (exact) mass is 413 g/mol. The normalized spacial score (nSPS) is 11.1. The Morgan fingerprint density at radius 3 is 2.08 bits per heavy atom. The number of aryl methyl sites for hydroxylation is 1. The van der Waals surface area contributed by atoms with Crippen molar-refractivity contribution in [3.05, 3.63) is 39.0 Å². The molecule has 6 nitrogen and oxygen atoms in total. The maximum atomic E-state index is 12.7. The van der Waals surface area contributed by atoms with Gasteiger partial charge in [-0.2, -0.15) is 18.3 Å². The Morgan fingerprint density at radius 2 is 1.77 bits per heavy atom. The van der Waals surface area contributed by atoms with Crippen LogP contribution >= 0.6 is 23.2 Å². The number of methoxy groups -OCH3 is 1. The van der Waals surface area contributed by atoms with E-state index in [0.717, 1.165) is 4.68 Å². The van der Waals surface area contributed by atoms with Gasteiger partial charge >= 0.3 is 12.1 Å². The number of carboxylic acids is 1. The first kappa shape index (κ1) is 22.1. The maximum absolute atomic E-state index is 12.7. The lowest BCUT2D eigenvalue weighted by molar-refractivity contribution is -0.137. The number of nitrogens with two attached hydrogens (primary N) is 1. The third-order valence-corrected chi connectivity index (χ3v) is 3.67. The fourth-order valence-corrected chi connectivity index (χ4v) is 2.71. The number of anilines is 1. The van der Waals surface area contributed by atoms with E-state index >= 15 is 0 Å². The highest BCUT2D eigenvalue weighted by Gasteiger charge is 2.33. The van der Waals surface area contributed by atoms with Crippen molar-refractivity contribution < 1.29 is 27.8 Å². The van der Waals surface area contributed by atoms with Crippen molar-refractivity contribution in [2.24, 2.45) is 0 Å². The first-order chi connectivity index (χ1) is 12.0. The molecule has 0 aliphatic heterocycles. The maximum Gasteiger partial charge on any atom is 0.416 e. The number of rotatable bonds is 3. The standard InChI is InChI=1S/C13H10Cl2F3N3O2.C2H6O/c1-2-8-9(12(22)23)11(19)21(20-8)10-6(14)3-5(4-7(10)15)13(16,17)18;1-3-2/h3-4H,2,19H2,1H3,(H,22,23);1-2H3. The summed E-state index contributed by atoms with van der Waals surface area (Å²) in [4.78, 5) is 11.3. The molecule has 0 unspecified atom stereocenters. The van der Waals surface area contributed by atoms with E-state index in [1.54, 1.807) is 21.1 Å². The first-order valence-electron chi connectivity index (χ1n) is 7.06. The minimum Gasteiger partial charge on any atom is -0.477 e. The molecule has 0 amide bonds. The number of aromatic carboxylic acids is 1. The Morgan fingerprint density at radius 1 is 1.31 bits per heavy atom. The van der Waals surface area contributed by atoms with E-state index in [9.17, 15) is 23.1 Å². The highest BCUT2D eigenvalue weighted by Crippen LogP contribution is 2.38. The molecule has 0 radical (unpaired) electrons. The van der Waals surface area contributed by atoms with Crippen LogP contribution in [0.2, 0.25) is 10.0 Å². The minimum atomic E-state index is -4.62. The van der Waals surface area contributed by atoms with Crippen LogP contribution in [-0.2, 0) is 17.3 Å². The highest BCUT2D eigenvalue weighted by atomic mass is 35.5. The fraction of sp³-hybridized carbons (Fsp3) is 0.333. The van der Waals surface area contributed by atoms with Crippen molar-refractivity contribution in [3.63, 3.8) is 0 Å². The summed E-state index contributed by atoms with van der Waals surface area (Å²) in [6.45, 7) is 1.66. The molecular formula is C15H16Cl2F3N3O3. The second kappa shape index (κ2) is 8.61. The molecule has 2 aromatic rings. The number of aromatic nitrogens is 2. The van der Waals surface area contributed by atoms with Crippen LogP contribution in [0.15, 0.2) is 12.1 Å². The number of hydrogen-bond acceptors (Lipinski definition) is 4. The average Bonchev–Trinajstić information content (AvgIpc) is 2.83. The smallest absolute Gasteiger partial charge is 0.416 e. The van der Waals surface area contributed by atoms with Gasteiger partial charge in [0.1, 0.15) is 17.1 Å². The number of ether oxygens (including phenoxy) is 1. The van der Waals surface area contributed by atoms with E-state index in [1.165, 1.54) is 0 Å². The molecule has 144 valence electrons. The Kier molecular flexibility index (Phi) is 7.31. The molecule has 0 fully saturated rings. The van der Waals surface area contributed by atoms with Crippen LogP contribution < -0.4 is 5.73 Å². The lowest BCUT2D eigenvalue weighted by Crippen LogP contribution is -2.09. The summed E-state index contributed by atoms with van der Waals surface area (Å²) in [5, 5.41) is 12.5. The molecule has 26 heavy (non-hydrogen) atoms. The average molecular weight is 414 g/mol. The Bertz CT molecular complexity index is 784. The van der Waals surface area contributed by atoms with Gasteiger partial charge in [-0.3, -0.25) is 0 Å². The second-order valence-corrected chi connectivity index (χ2v) is 5.79. The van der Waals surface area contributed by atoms with Gasteiger partial charge in [0.25, 0.3) is 0 Å². The topological polar surface area (TPSA) is 90.4 Å². The van der Waals surface area contributed by atoms with E-state index in [0.29, 0.717) is 12.1 Å². The van der Waals surface area contributed by atoms with Crippen molar-refractivity contribution in [1.82, 2.24) is 9.78 Å². The van der Waals surface area contributed by atoms with Gasteiger partial charge in [-0.05, 0) is 18.6 Å². The molecule has 0 saturated heterocycles. The van der Waals surface area contributed by atoms with Crippen LogP contribution in [0.4, 0.5) is 19.0 Å². The number of halogens is 5. The van der Waals surface area contributed by atoms with Gasteiger partial charge in [-0.1, -0.05) is 30.1 Å². The van der Waals surface area contributed by atoms with Gasteiger partial charge in [0.2, 0.25) is 0 Å². The predicted octanol–water partition coefficient (Wildman–Crippen LogP) is 4.30. The van der Waals surface area contributed by atoms with Gasteiger partial charge in [0.15, 0.2) is 0 Å². The van der Waals surface area contributed by atoms with Crippen molar-refractivity contribution in [3.8, 4) is 5.69 Å². The number of alkyl halides is 3. The largest absolute Gasteiger partial charge is 0.477 e. The number of nitrogens with zero attached hydrogens (tertiary/aromatic N) is 2. The zero-order chi connectivity index (χ0) is 20.2. The number of carbonyl (C=O) groups is 1. The van der Waals surface area contributed by atoms with Crippen LogP contribution in [0.1, 0.15) is 28.5 Å². The SMILES string of the molecule is CCc1nn(-c2c(Cl)cc(C(F)(F)F)cc2Cl)c(N)c1C(=O)O.COC. The summed E-state index contributed by atoms with van der Waals surface area (Å²) in [6, 6.07) is 1.35. The summed E-state index contributed by atoms with van der Waals surface area (Å²) in [6.07, 6.45) is -4.36. The third-order valence-electron chi connectivity index (χ3n) is 3.10. The van der Waals surface area contributed by atoms with Crippen molar-refractivity contribution in [2.45, 2.75) is 19.5 Å². The molecule has 0 aliphatic rings. The molecule has 0 aliphatic carbocycles. The number of nitrogen functional groups attached to an aromatic ring is 1. The molecule has 3 N–H and O–H groups in total. The lowest BCUT2D eigenvalue weighted by Gasteiger charge is -2.13. The molecular weight excluding hydrogens is 398 g/mol. The Labute approximate surface area is 157 Å². The first-order valence-corrected chi connectivity index (χ1v) is 7.82. The second-order valence-electron chi connectivity index (χ2n) is 4.97. The lowest BCUT2D eigenvalue weighted by atomic mass is 10.2. The molecule has 0 bridgehead atoms. The number of benzene rings is 1.